The van der Waals surface area contributed by atoms with Crippen molar-refractivity contribution in [2.75, 3.05) is 5.32 Å². The van der Waals surface area contributed by atoms with E-state index in [0.29, 0.717) is 12.1 Å². The Morgan fingerprint density at radius 1 is 1.12 bits per heavy atom. The number of benzene rings is 3. The van der Waals surface area contributed by atoms with Crippen LogP contribution in [0, 0.1) is 18.3 Å². The molecule has 222 valence electrons. The molecule has 0 bridgehead atoms. The first kappa shape index (κ1) is 31.3. The van der Waals surface area contributed by atoms with Gasteiger partial charge in [-0.15, -0.1) is 0 Å². The first-order valence-corrected chi connectivity index (χ1v) is 14.8. The van der Waals surface area contributed by atoms with Gasteiger partial charge in [0, 0.05) is 22.3 Å². The summed E-state index contributed by atoms with van der Waals surface area (Å²) in [5.74, 6) is 0.847. The van der Waals surface area contributed by atoms with Crippen LogP contribution in [0.15, 0.2) is 85.5 Å². The smallest absolute Gasteiger partial charge is 0.255 e. The van der Waals surface area contributed by atoms with Crippen molar-refractivity contribution in [3.05, 3.63) is 107 Å². The van der Waals surface area contributed by atoms with Gasteiger partial charge >= 0.3 is 0 Å². The summed E-state index contributed by atoms with van der Waals surface area (Å²) in [4.78, 5) is 16.2. The fourth-order valence-corrected chi connectivity index (χ4v) is 5.69. The van der Waals surface area contributed by atoms with Crippen LogP contribution in [0.1, 0.15) is 62.0 Å². The molecule has 1 aliphatic rings. The first-order valence-electron chi connectivity index (χ1n) is 14.4. The van der Waals surface area contributed by atoms with Gasteiger partial charge in [0.15, 0.2) is 0 Å². The van der Waals surface area contributed by atoms with Gasteiger partial charge in [-0.2, -0.15) is 5.10 Å². The third-order valence-corrected chi connectivity index (χ3v) is 8.34. The molecule has 1 amide bonds. The summed E-state index contributed by atoms with van der Waals surface area (Å²) in [6.45, 7) is 10.6. The summed E-state index contributed by atoms with van der Waals surface area (Å²) in [5.41, 5.74) is 2.65. The van der Waals surface area contributed by atoms with Crippen molar-refractivity contribution in [2.45, 2.75) is 72.1 Å². The predicted octanol–water partition coefficient (Wildman–Crippen LogP) is 7.38. The number of aryl methyl sites for hydroxylation is 1. The highest BCUT2D eigenvalue weighted by Gasteiger charge is 2.54. The third kappa shape index (κ3) is 7.78. The van der Waals surface area contributed by atoms with Crippen LogP contribution in [0.5, 0.6) is 5.75 Å². The number of nitrogens with one attached hydrogen (secondary N) is 1. The van der Waals surface area contributed by atoms with Crippen molar-refractivity contribution >= 4 is 23.2 Å². The Balaban J connectivity index is 0.000000194. The lowest BCUT2D eigenvalue weighted by Crippen LogP contribution is -2.49. The van der Waals surface area contributed by atoms with E-state index >= 15 is 0 Å². The Hall–Kier alpha value is -3.68. The van der Waals surface area contributed by atoms with E-state index in [9.17, 15) is 9.90 Å². The molecule has 1 aliphatic carbocycles. The normalized spacial score (nSPS) is 19.2. The fraction of sp³-hybridized carbons (Fsp3) is 0.382. The Kier molecular flexibility index (Phi) is 10.1. The van der Waals surface area contributed by atoms with Gasteiger partial charge in [-0.1, -0.05) is 61.8 Å². The molecule has 5 rings (SSSR count). The molecule has 7 nitrogen and oxygen atoms in total. The number of aliphatic hydroxyl groups is 1. The third-order valence-electron chi connectivity index (χ3n) is 8.08. The molecule has 2 atom stereocenters. The van der Waals surface area contributed by atoms with Gasteiger partial charge in [0.1, 0.15) is 18.4 Å². The van der Waals surface area contributed by atoms with Crippen LogP contribution in [0.3, 0.4) is 0 Å². The lowest BCUT2D eigenvalue weighted by Gasteiger charge is -2.40. The molecule has 42 heavy (non-hydrogen) atoms. The molecule has 4 aromatic rings. The lowest BCUT2D eigenvalue weighted by molar-refractivity contribution is -0.0907. The molecule has 0 aliphatic heterocycles. The van der Waals surface area contributed by atoms with E-state index in [0.717, 1.165) is 41.3 Å². The van der Waals surface area contributed by atoms with Crippen molar-refractivity contribution in [3.8, 4) is 5.75 Å². The number of carbonyl (C=O) groups is 1. The topological polar surface area (TPSA) is 89.3 Å². The summed E-state index contributed by atoms with van der Waals surface area (Å²) >= 11 is 5.96. The summed E-state index contributed by atoms with van der Waals surface area (Å²) in [7, 11) is 0. The Bertz CT molecular complexity index is 1450. The molecule has 3 aromatic carbocycles. The zero-order chi connectivity index (χ0) is 30.3. The maximum atomic E-state index is 12.2. The number of hydrogen-bond donors (Lipinski definition) is 2. The van der Waals surface area contributed by atoms with Crippen molar-refractivity contribution in [3.63, 3.8) is 0 Å². The molecular weight excluding hydrogens is 548 g/mol. The second-order valence-electron chi connectivity index (χ2n) is 11.9. The van der Waals surface area contributed by atoms with E-state index in [-0.39, 0.29) is 23.3 Å². The molecule has 0 radical (unpaired) electrons. The van der Waals surface area contributed by atoms with Crippen LogP contribution in [0.25, 0.3) is 0 Å². The van der Waals surface area contributed by atoms with Gasteiger partial charge < -0.3 is 15.2 Å². The SMILES string of the molecule is CC1(C)CCC(Cc2ccc(Cl)cc2)C1(O)Cn1cncn1.Cc1ccccc1C(=O)Nc1cccc(OC(C)C)c1. The minimum atomic E-state index is -0.791. The number of nitrogens with zero attached hydrogens (tertiary/aromatic N) is 3. The average Bonchev–Trinajstić information content (AvgIpc) is 3.52. The number of halogens is 1. The van der Waals surface area contributed by atoms with Gasteiger partial charge in [-0.3, -0.25) is 9.48 Å². The second-order valence-corrected chi connectivity index (χ2v) is 12.4. The minimum Gasteiger partial charge on any atom is -0.491 e. The average molecular weight is 589 g/mol. The van der Waals surface area contributed by atoms with Crippen LogP contribution < -0.4 is 10.1 Å². The van der Waals surface area contributed by atoms with Crippen molar-refractivity contribution in [1.29, 1.82) is 0 Å². The Labute approximate surface area is 253 Å². The van der Waals surface area contributed by atoms with Crippen LogP contribution in [0.2, 0.25) is 5.02 Å². The largest absolute Gasteiger partial charge is 0.491 e. The van der Waals surface area contributed by atoms with Crippen LogP contribution >= 0.6 is 11.6 Å². The number of carbonyl (C=O) groups excluding carboxylic acids is 1. The van der Waals surface area contributed by atoms with E-state index < -0.39 is 5.60 Å². The van der Waals surface area contributed by atoms with Crippen LogP contribution in [-0.2, 0) is 13.0 Å². The molecule has 1 fully saturated rings. The minimum absolute atomic E-state index is 0.107. The number of amides is 1. The maximum Gasteiger partial charge on any atom is 0.255 e. The zero-order valence-electron chi connectivity index (χ0n) is 25.0. The molecule has 8 heteroatoms. The van der Waals surface area contributed by atoms with E-state index in [1.54, 1.807) is 11.0 Å². The van der Waals surface area contributed by atoms with Crippen molar-refractivity contribution < 1.29 is 14.6 Å². The Morgan fingerprint density at radius 2 is 1.86 bits per heavy atom. The molecule has 1 heterocycles. The van der Waals surface area contributed by atoms with Gasteiger partial charge in [0.2, 0.25) is 0 Å². The quantitative estimate of drug-likeness (QED) is 0.224. The highest BCUT2D eigenvalue weighted by atomic mass is 35.5. The molecule has 1 saturated carbocycles. The van der Waals surface area contributed by atoms with E-state index in [4.69, 9.17) is 16.3 Å². The standard InChI is InChI=1S/C17H22ClN3O.C17H19NO2/c1-16(2)8-7-14(9-13-3-5-15(18)6-4-13)17(16,22)10-21-12-19-11-20-21;1-12(2)20-15-9-6-8-14(11-15)18-17(19)16-10-5-4-7-13(16)3/h3-6,11-12,14,22H,7-10H2,1-2H3;4-12H,1-3H3,(H,18,19). The number of aromatic nitrogens is 3. The zero-order valence-corrected chi connectivity index (χ0v) is 25.8. The van der Waals surface area contributed by atoms with E-state index in [1.165, 1.54) is 11.9 Å². The molecular formula is C34H41ClN4O3. The van der Waals surface area contributed by atoms with E-state index in [1.807, 2.05) is 93.6 Å². The van der Waals surface area contributed by atoms with Gasteiger partial charge in [-0.25, -0.2) is 4.98 Å². The molecule has 2 unspecified atom stereocenters. The summed E-state index contributed by atoms with van der Waals surface area (Å²) in [6.07, 6.45) is 6.17. The molecule has 2 N–H and O–H groups in total. The maximum absolute atomic E-state index is 12.2. The van der Waals surface area contributed by atoms with E-state index in [2.05, 4.69) is 29.2 Å². The fourth-order valence-electron chi connectivity index (χ4n) is 5.57. The van der Waals surface area contributed by atoms with Crippen LogP contribution in [-0.4, -0.2) is 37.5 Å². The van der Waals surface area contributed by atoms with Crippen molar-refractivity contribution in [1.82, 2.24) is 14.8 Å². The van der Waals surface area contributed by atoms with Gasteiger partial charge in [-0.05, 0) is 92.8 Å². The van der Waals surface area contributed by atoms with Gasteiger partial charge in [0.25, 0.3) is 5.91 Å². The number of rotatable bonds is 8. The second kappa shape index (κ2) is 13.5. The highest BCUT2D eigenvalue weighted by molar-refractivity contribution is 6.30. The van der Waals surface area contributed by atoms with Gasteiger partial charge in [0.05, 0.1) is 18.2 Å². The Morgan fingerprint density at radius 3 is 2.52 bits per heavy atom. The first-order chi connectivity index (χ1) is 20.0. The predicted molar refractivity (Wildman–Crippen MR) is 168 cm³/mol. The number of hydrogen-bond acceptors (Lipinski definition) is 5. The monoisotopic (exact) mass is 588 g/mol. The summed E-state index contributed by atoms with van der Waals surface area (Å²) in [6, 6.07) is 22.9. The number of anilines is 1. The summed E-state index contributed by atoms with van der Waals surface area (Å²) in [5, 5.41) is 19.3. The lowest BCUT2D eigenvalue weighted by atomic mass is 9.72. The van der Waals surface area contributed by atoms with Crippen LogP contribution in [0.4, 0.5) is 5.69 Å². The molecule has 0 saturated heterocycles. The highest BCUT2D eigenvalue weighted by Crippen LogP contribution is 2.51. The number of ether oxygens (including phenoxy) is 1. The molecule has 1 aromatic heterocycles. The molecule has 0 spiro atoms. The summed E-state index contributed by atoms with van der Waals surface area (Å²) < 4.78 is 7.35. The van der Waals surface area contributed by atoms with Crippen molar-refractivity contribution in [2.24, 2.45) is 11.3 Å².